The highest BCUT2D eigenvalue weighted by Crippen LogP contribution is 2.01. The summed E-state index contributed by atoms with van der Waals surface area (Å²) in [6.07, 6.45) is 2.65. The summed E-state index contributed by atoms with van der Waals surface area (Å²) in [7, 11) is 0. The molecule has 0 aliphatic carbocycles. The molecule has 0 unspecified atom stereocenters. The molecule has 53 valence electrons. The summed E-state index contributed by atoms with van der Waals surface area (Å²) in [6.45, 7) is 2.49. The Bertz CT molecular complexity index is 305. The highest BCUT2D eigenvalue weighted by Gasteiger charge is 2.06. The largest absolute Gasteiger partial charge is 0.261 e. The zero-order valence-corrected chi connectivity index (χ0v) is 6.00. The third-order valence-corrected chi connectivity index (χ3v) is 1.22. The molecular weight excluding hydrogens is 140 g/mol. The van der Waals surface area contributed by atoms with Crippen molar-refractivity contribution < 1.29 is 0 Å². The van der Waals surface area contributed by atoms with Crippen molar-refractivity contribution in [3.63, 3.8) is 0 Å². The summed E-state index contributed by atoms with van der Waals surface area (Å²) >= 11 is 0. The molecular formula is C7H5N4. The van der Waals surface area contributed by atoms with Gasteiger partial charge >= 0.3 is 0 Å². The number of nitriles is 2. The quantitative estimate of drug-likeness (QED) is 0.576. The average Bonchev–Trinajstić information content (AvgIpc) is 2.46. The standard InChI is InChI=1S/C7H5N4/c1-2-11-5-6(3-8)7(4-9)10-11/h2H2,1H3. The summed E-state index contributed by atoms with van der Waals surface area (Å²) in [4.78, 5) is 0. The van der Waals surface area contributed by atoms with Gasteiger partial charge in [0.05, 0.1) is 0 Å². The summed E-state index contributed by atoms with van der Waals surface area (Å²) in [5, 5.41) is 20.7. The fourth-order valence-electron chi connectivity index (χ4n) is 0.684. The van der Waals surface area contributed by atoms with Crippen LogP contribution in [-0.4, -0.2) is 9.78 Å². The van der Waals surface area contributed by atoms with Gasteiger partial charge in [0, 0.05) is 6.54 Å². The molecule has 0 fully saturated rings. The molecule has 0 saturated carbocycles. The highest BCUT2D eigenvalue weighted by atomic mass is 15.3. The Kier molecular flexibility index (Phi) is 1.89. The first kappa shape index (κ1) is 7.30. The zero-order valence-electron chi connectivity index (χ0n) is 6.00. The number of hydrogen-bond donors (Lipinski definition) is 0. The van der Waals surface area contributed by atoms with E-state index in [0.29, 0.717) is 6.54 Å². The SMILES string of the molecule is CCn1[c]c(C#N)c(C#N)n1. The van der Waals surface area contributed by atoms with Crippen LogP contribution in [0.3, 0.4) is 0 Å². The Hall–Kier alpha value is -1.81. The van der Waals surface area contributed by atoms with Gasteiger partial charge in [0.2, 0.25) is 0 Å². The van der Waals surface area contributed by atoms with E-state index < -0.39 is 0 Å². The van der Waals surface area contributed by atoms with Crippen molar-refractivity contribution in [3.05, 3.63) is 17.5 Å². The van der Waals surface area contributed by atoms with Crippen molar-refractivity contribution >= 4 is 0 Å². The number of nitrogens with zero attached hydrogens (tertiary/aromatic N) is 4. The summed E-state index contributed by atoms with van der Waals surface area (Å²) in [6, 6.07) is 3.66. The maximum absolute atomic E-state index is 8.47. The van der Waals surface area contributed by atoms with E-state index in [1.807, 2.05) is 19.1 Å². The average molecular weight is 145 g/mol. The van der Waals surface area contributed by atoms with Gasteiger partial charge in [-0.15, -0.1) is 0 Å². The number of aromatic nitrogens is 2. The molecule has 4 heteroatoms. The second-order valence-corrected chi connectivity index (χ2v) is 1.87. The minimum atomic E-state index is 0.148. The normalized spacial score (nSPS) is 8.64. The number of rotatable bonds is 1. The molecule has 0 aliphatic heterocycles. The van der Waals surface area contributed by atoms with Crippen LogP contribution in [0, 0.1) is 28.9 Å². The Morgan fingerprint density at radius 2 is 2.27 bits per heavy atom. The third-order valence-electron chi connectivity index (χ3n) is 1.22. The lowest BCUT2D eigenvalue weighted by Gasteiger charge is -1.87. The van der Waals surface area contributed by atoms with Crippen molar-refractivity contribution in [2.75, 3.05) is 0 Å². The predicted octanol–water partition coefficient (Wildman–Crippen LogP) is 0.447. The minimum Gasteiger partial charge on any atom is -0.261 e. The lowest BCUT2D eigenvalue weighted by atomic mass is 10.3. The molecule has 1 rings (SSSR count). The van der Waals surface area contributed by atoms with E-state index in [-0.39, 0.29) is 11.3 Å². The van der Waals surface area contributed by atoms with Crippen LogP contribution in [0.1, 0.15) is 18.2 Å². The lowest BCUT2D eigenvalue weighted by Crippen LogP contribution is -1.94. The maximum Gasteiger partial charge on any atom is 0.180 e. The van der Waals surface area contributed by atoms with Crippen molar-refractivity contribution in [2.45, 2.75) is 13.5 Å². The van der Waals surface area contributed by atoms with Crippen molar-refractivity contribution in [3.8, 4) is 12.1 Å². The van der Waals surface area contributed by atoms with Gasteiger partial charge in [-0.25, -0.2) is 0 Å². The van der Waals surface area contributed by atoms with Gasteiger partial charge < -0.3 is 0 Å². The summed E-state index contributed by atoms with van der Waals surface area (Å²) in [5.41, 5.74) is 0.365. The maximum atomic E-state index is 8.47. The molecule has 1 radical (unpaired) electrons. The summed E-state index contributed by atoms with van der Waals surface area (Å²) in [5.74, 6) is 0. The first-order chi connectivity index (χ1) is 5.31. The Morgan fingerprint density at radius 3 is 2.64 bits per heavy atom. The van der Waals surface area contributed by atoms with Gasteiger partial charge in [-0.3, -0.25) is 4.68 Å². The van der Waals surface area contributed by atoms with E-state index in [1.54, 1.807) is 0 Å². The van der Waals surface area contributed by atoms with E-state index in [2.05, 4.69) is 11.3 Å². The Labute approximate surface area is 64.3 Å². The van der Waals surface area contributed by atoms with E-state index in [4.69, 9.17) is 10.5 Å². The van der Waals surface area contributed by atoms with Crippen LogP contribution in [0.15, 0.2) is 0 Å². The molecule has 4 nitrogen and oxygen atoms in total. The van der Waals surface area contributed by atoms with Gasteiger partial charge in [0.15, 0.2) is 5.69 Å². The van der Waals surface area contributed by atoms with Crippen molar-refractivity contribution in [2.24, 2.45) is 0 Å². The van der Waals surface area contributed by atoms with Crippen LogP contribution >= 0.6 is 0 Å². The topological polar surface area (TPSA) is 65.4 Å². The smallest absolute Gasteiger partial charge is 0.180 e. The lowest BCUT2D eigenvalue weighted by molar-refractivity contribution is 0.652. The van der Waals surface area contributed by atoms with Crippen LogP contribution in [0.5, 0.6) is 0 Å². The molecule has 0 spiro atoms. The van der Waals surface area contributed by atoms with Crippen LogP contribution in [-0.2, 0) is 6.54 Å². The van der Waals surface area contributed by atoms with Gasteiger partial charge in [-0.1, -0.05) is 0 Å². The molecule has 0 saturated heterocycles. The van der Waals surface area contributed by atoms with Crippen LogP contribution in [0.25, 0.3) is 0 Å². The number of hydrogen-bond acceptors (Lipinski definition) is 3. The molecule has 0 N–H and O–H groups in total. The molecule has 0 aromatic carbocycles. The van der Waals surface area contributed by atoms with E-state index >= 15 is 0 Å². The first-order valence-corrected chi connectivity index (χ1v) is 3.12. The monoisotopic (exact) mass is 145 g/mol. The second kappa shape index (κ2) is 2.85. The fraction of sp³-hybridized carbons (Fsp3) is 0.286. The molecule has 1 aromatic heterocycles. The highest BCUT2D eigenvalue weighted by molar-refractivity contribution is 5.37. The van der Waals surface area contributed by atoms with Crippen molar-refractivity contribution in [1.29, 1.82) is 10.5 Å². The van der Waals surface area contributed by atoms with E-state index in [0.717, 1.165) is 0 Å². The number of aryl methyl sites for hydroxylation is 1. The fourth-order valence-corrected chi connectivity index (χ4v) is 0.684. The van der Waals surface area contributed by atoms with Gasteiger partial charge in [-0.05, 0) is 6.92 Å². The molecule has 1 heterocycles. The third kappa shape index (κ3) is 1.20. The van der Waals surface area contributed by atoms with E-state index in [9.17, 15) is 0 Å². The Balaban J connectivity index is 3.18. The second-order valence-electron chi connectivity index (χ2n) is 1.87. The Morgan fingerprint density at radius 1 is 1.55 bits per heavy atom. The minimum absolute atomic E-state index is 0.148. The summed E-state index contributed by atoms with van der Waals surface area (Å²) < 4.78 is 1.44. The molecule has 11 heavy (non-hydrogen) atoms. The molecule has 1 aromatic rings. The van der Waals surface area contributed by atoms with Crippen molar-refractivity contribution in [1.82, 2.24) is 9.78 Å². The molecule has 0 bridgehead atoms. The zero-order chi connectivity index (χ0) is 8.27. The molecule has 0 amide bonds. The van der Waals surface area contributed by atoms with Crippen LogP contribution < -0.4 is 0 Å². The van der Waals surface area contributed by atoms with E-state index in [1.165, 1.54) is 4.68 Å². The van der Waals surface area contributed by atoms with Crippen LogP contribution in [0.4, 0.5) is 0 Å². The van der Waals surface area contributed by atoms with Crippen LogP contribution in [0.2, 0.25) is 0 Å². The van der Waals surface area contributed by atoms with Gasteiger partial charge in [0.1, 0.15) is 23.9 Å². The molecule has 0 atom stereocenters. The first-order valence-electron chi connectivity index (χ1n) is 3.12. The van der Waals surface area contributed by atoms with Gasteiger partial charge in [0.25, 0.3) is 0 Å². The predicted molar refractivity (Wildman–Crippen MR) is 36.2 cm³/mol. The van der Waals surface area contributed by atoms with Gasteiger partial charge in [-0.2, -0.15) is 15.6 Å². The molecule has 0 aliphatic rings.